The van der Waals surface area contributed by atoms with Crippen molar-refractivity contribution in [2.45, 2.75) is 33.2 Å². The van der Waals surface area contributed by atoms with E-state index in [2.05, 4.69) is 48.5 Å². The molecule has 1 heterocycles. The van der Waals surface area contributed by atoms with Crippen molar-refractivity contribution in [1.82, 2.24) is 10.2 Å². The highest BCUT2D eigenvalue weighted by Gasteiger charge is 2.05. The van der Waals surface area contributed by atoms with E-state index in [-0.39, 0.29) is 0 Å². The highest BCUT2D eigenvalue weighted by molar-refractivity contribution is 7.10. The largest absolute Gasteiger partial charge is 0.309 e. The molecule has 1 aromatic rings. The van der Waals surface area contributed by atoms with Gasteiger partial charge in [-0.25, -0.2) is 0 Å². The molecule has 1 rings (SSSR count). The molecule has 0 amide bonds. The van der Waals surface area contributed by atoms with E-state index in [1.54, 1.807) is 0 Å². The minimum Gasteiger partial charge on any atom is -0.309 e. The molecule has 0 spiro atoms. The summed E-state index contributed by atoms with van der Waals surface area (Å²) < 4.78 is 0. The lowest BCUT2D eigenvalue weighted by Crippen LogP contribution is -2.28. The monoisotopic (exact) mass is 240 g/mol. The zero-order chi connectivity index (χ0) is 11.8. The first kappa shape index (κ1) is 13.7. The van der Waals surface area contributed by atoms with Gasteiger partial charge >= 0.3 is 0 Å². The summed E-state index contributed by atoms with van der Waals surface area (Å²) in [4.78, 5) is 3.90. The van der Waals surface area contributed by atoms with Crippen LogP contribution in [0.4, 0.5) is 0 Å². The van der Waals surface area contributed by atoms with Gasteiger partial charge in [-0.2, -0.15) is 0 Å². The van der Waals surface area contributed by atoms with E-state index < -0.39 is 0 Å². The Morgan fingerprint density at radius 2 is 2.12 bits per heavy atom. The first-order chi connectivity index (χ1) is 7.77. The Kier molecular flexibility index (Phi) is 6.69. The Morgan fingerprint density at radius 1 is 1.38 bits per heavy atom. The summed E-state index contributed by atoms with van der Waals surface area (Å²) in [6.07, 6.45) is 1.23. The van der Waals surface area contributed by atoms with E-state index in [1.165, 1.54) is 17.8 Å². The fourth-order valence-corrected chi connectivity index (χ4v) is 2.56. The van der Waals surface area contributed by atoms with Gasteiger partial charge in [0, 0.05) is 10.9 Å². The Morgan fingerprint density at radius 3 is 2.69 bits per heavy atom. The lowest BCUT2D eigenvalue weighted by molar-refractivity contribution is 0.296. The van der Waals surface area contributed by atoms with Gasteiger partial charge in [0.25, 0.3) is 0 Å². The lowest BCUT2D eigenvalue weighted by atomic mass is 10.2. The molecule has 3 heteroatoms. The van der Waals surface area contributed by atoms with Crippen LogP contribution in [0.2, 0.25) is 0 Å². The van der Waals surface area contributed by atoms with Crippen LogP contribution in [0.15, 0.2) is 17.5 Å². The van der Waals surface area contributed by atoms with Crippen molar-refractivity contribution in [2.75, 3.05) is 26.2 Å². The van der Waals surface area contributed by atoms with Crippen molar-refractivity contribution in [3.63, 3.8) is 0 Å². The molecule has 2 nitrogen and oxygen atoms in total. The molecule has 0 aliphatic carbocycles. The molecule has 0 bridgehead atoms. The molecular weight excluding hydrogens is 216 g/mol. The van der Waals surface area contributed by atoms with E-state index >= 15 is 0 Å². The molecule has 1 N–H and O–H groups in total. The summed E-state index contributed by atoms with van der Waals surface area (Å²) in [5.74, 6) is 0. The van der Waals surface area contributed by atoms with Crippen molar-refractivity contribution in [3.05, 3.63) is 22.4 Å². The summed E-state index contributed by atoms with van der Waals surface area (Å²) >= 11 is 1.83. The molecule has 0 aliphatic heterocycles. The lowest BCUT2D eigenvalue weighted by Gasteiger charge is -2.18. The van der Waals surface area contributed by atoms with Crippen molar-refractivity contribution >= 4 is 11.3 Å². The van der Waals surface area contributed by atoms with Crippen LogP contribution in [0.5, 0.6) is 0 Å². The third-order valence-electron chi connectivity index (χ3n) is 2.97. The van der Waals surface area contributed by atoms with Gasteiger partial charge in [0.2, 0.25) is 0 Å². The van der Waals surface area contributed by atoms with Gasteiger partial charge in [-0.3, -0.25) is 0 Å². The maximum absolute atomic E-state index is 3.57. The molecule has 16 heavy (non-hydrogen) atoms. The summed E-state index contributed by atoms with van der Waals surface area (Å²) in [7, 11) is 0. The molecule has 1 unspecified atom stereocenters. The second-order valence-corrected chi connectivity index (χ2v) is 5.05. The summed E-state index contributed by atoms with van der Waals surface area (Å²) in [6.45, 7) is 11.3. The molecule has 0 saturated carbocycles. The topological polar surface area (TPSA) is 15.3 Å². The highest BCUT2D eigenvalue weighted by Crippen LogP contribution is 2.17. The molecule has 0 aromatic carbocycles. The Balaban J connectivity index is 2.11. The van der Waals surface area contributed by atoms with Crippen LogP contribution >= 0.6 is 11.3 Å². The maximum Gasteiger partial charge on any atom is 0.0386 e. The first-order valence-electron chi connectivity index (χ1n) is 6.27. The third kappa shape index (κ3) is 4.64. The van der Waals surface area contributed by atoms with Crippen LogP contribution in [0.3, 0.4) is 0 Å². The van der Waals surface area contributed by atoms with Crippen LogP contribution in [0.25, 0.3) is 0 Å². The number of nitrogens with one attached hydrogen (secondary N) is 1. The number of hydrogen-bond donors (Lipinski definition) is 1. The number of thiophene rings is 1. The molecule has 0 radical (unpaired) electrons. The zero-order valence-electron chi connectivity index (χ0n) is 10.7. The molecule has 92 valence electrons. The summed E-state index contributed by atoms with van der Waals surface area (Å²) in [6, 6.07) is 4.82. The van der Waals surface area contributed by atoms with Gasteiger partial charge < -0.3 is 10.2 Å². The minimum absolute atomic E-state index is 0.497. The van der Waals surface area contributed by atoms with Crippen LogP contribution in [-0.2, 0) is 0 Å². The van der Waals surface area contributed by atoms with Crippen molar-refractivity contribution in [1.29, 1.82) is 0 Å². The number of rotatable bonds is 8. The molecular formula is C13H24N2S. The van der Waals surface area contributed by atoms with Crippen LogP contribution < -0.4 is 5.32 Å². The standard InChI is InChI=1S/C13H24N2S/c1-4-15(5-2)10-7-9-14-12(3)13-8-6-11-16-13/h6,8,11-12,14H,4-5,7,9-10H2,1-3H3. The smallest absolute Gasteiger partial charge is 0.0386 e. The Hall–Kier alpha value is -0.380. The van der Waals surface area contributed by atoms with Crippen molar-refractivity contribution < 1.29 is 0 Å². The maximum atomic E-state index is 3.57. The van der Waals surface area contributed by atoms with Crippen molar-refractivity contribution in [2.24, 2.45) is 0 Å². The number of hydrogen-bond acceptors (Lipinski definition) is 3. The second-order valence-electron chi connectivity index (χ2n) is 4.07. The van der Waals surface area contributed by atoms with Gasteiger partial charge in [0.1, 0.15) is 0 Å². The van der Waals surface area contributed by atoms with Gasteiger partial charge in [-0.15, -0.1) is 11.3 Å². The molecule has 0 fully saturated rings. The van der Waals surface area contributed by atoms with Crippen LogP contribution in [0.1, 0.15) is 38.1 Å². The average molecular weight is 240 g/mol. The fraction of sp³-hybridized carbons (Fsp3) is 0.692. The Labute approximate surface area is 104 Å². The van der Waals surface area contributed by atoms with E-state index in [0.29, 0.717) is 6.04 Å². The molecule has 1 atom stereocenters. The zero-order valence-corrected chi connectivity index (χ0v) is 11.5. The number of nitrogens with zero attached hydrogens (tertiary/aromatic N) is 1. The normalized spacial score (nSPS) is 13.2. The van der Waals surface area contributed by atoms with Gasteiger partial charge in [-0.1, -0.05) is 19.9 Å². The minimum atomic E-state index is 0.497. The molecule has 1 aromatic heterocycles. The molecule has 0 saturated heterocycles. The summed E-state index contributed by atoms with van der Waals surface area (Å²) in [5.41, 5.74) is 0. The highest BCUT2D eigenvalue weighted by atomic mass is 32.1. The van der Waals surface area contributed by atoms with E-state index in [9.17, 15) is 0 Å². The SMILES string of the molecule is CCN(CC)CCCNC(C)c1cccs1. The molecule has 0 aliphatic rings. The van der Waals surface area contributed by atoms with Crippen LogP contribution in [-0.4, -0.2) is 31.1 Å². The average Bonchev–Trinajstić information content (AvgIpc) is 2.82. The van der Waals surface area contributed by atoms with Gasteiger partial charge in [0.15, 0.2) is 0 Å². The van der Waals surface area contributed by atoms with Crippen LogP contribution in [0, 0.1) is 0 Å². The quantitative estimate of drug-likeness (QED) is 0.702. The fourth-order valence-electron chi connectivity index (χ4n) is 1.80. The third-order valence-corrected chi connectivity index (χ3v) is 4.02. The van der Waals surface area contributed by atoms with Gasteiger partial charge in [-0.05, 0) is 51.0 Å². The second kappa shape index (κ2) is 7.82. The van der Waals surface area contributed by atoms with Gasteiger partial charge in [0.05, 0.1) is 0 Å². The summed E-state index contributed by atoms with van der Waals surface area (Å²) in [5, 5.41) is 5.71. The Bertz CT molecular complexity index is 255. The van der Waals surface area contributed by atoms with Crippen molar-refractivity contribution in [3.8, 4) is 0 Å². The predicted molar refractivity (Wildman–Crippen MR) is 73.1 cm³/mol. The van der Waals surface area contributed by atoms with E-state index in [4.69, 9.17) is 0 Å². The first-order valence-corrected chi connectivity index (χ1v) is 7.15. The van der Waals surface area contributed by atoms with E-state index in [0.717, 1.165) is 19.6 Å². The predicted octanol–water partition coefficient (Wildman–Crippen LogP) is 3.13. The van der Waals surface area contributed by atoms with E-state index in [1.807, 2.05) is 11.3 Å².